The zero-order valence-corrected chi connectivity index (χ0v) is 20.3. The Morgan fingerprint density at radius 2 is 2.21 bits per heavy atom. The van der Waals surface area contributed by atoms with Crippen molar-refractivity contribution >= 4 is 34.0 Å². The number of anilines is 1. The molecule has 2 aromatic heterocycles. The second kappa shape index (κ2) is 9.85. The van der Waals surface area contributed by atoms with E-state index in [1.807, 2.05) is 6.92 Å². The van der Waals surface area contributed by atoms with E-state index in [2.05, 4.69) is 23.6 Å². The molecule has 10 heteroatoms. The summed E-state index contributed by atoms with van der Waals surface area (Å²) >= 11 is 2.63. The van der Waals surface area contributed by atoms with Gasteiger partial charge in [-0.25, -0.2) is 4.79 Å². The van der Waals surface area contributed by atoms with E-state index < -0.39 is 10.9 Å². The summed E-state index contributed by atoms with van der Waals surface area (Å²) in [5.41, 5.74) is 1.76. The van der Waals surface area contributed by atoms with Gasteiger partial charge in [0.2, 0.25) is 11.6 Å². The van der Waals surface area contributed by atoms with Crippen LogP contribution in [0.25, 0.3) is 5.69 Å². The molecule has 0 bridgehead atoms. The number of ether oxygens (including phenoxy) is 1. The fourth-order valence-corrected chi connectivity index (χ4v) is 6.22. The lowest BCUT2D eigenvalue weighted by atomic mass is 9.88. The predicted molar refractivity (Wildman–Crippen MR) is 126 cm³/mol. The Labute approximate surface area is 199 Å². The normalized spacial score (nSPS) is 16.0. The number of carbonyl (C=O) groups excluding carboxylic acids is 1. The molecule has 2 unspecified atom stereocenters. The zero-order chi connectivity index (χ0) is 23.5. The molecule has 0 aliphatic heterocycles. The quantitative estimate of drug-likeness (QED) is 0.389. The van der Waals surface area contributed by atoms with Crippen LogP contribution < -0.4 is 20.4 Å². The molecule has 172 valence electrons. The van der Waals surface area contributed by atoms with Crippen molar-refractivity contribution in [3.63, 3.8) is 0 Å². The van der Waals surface area contributed by atoms with Crippen LogP contribution in [0.1, 0.15) is 42.7 Å². The average Bonchev–Trinajstić information content (AvgIpc) is 3.35. The van der Waals surface area contributed by atoms with Gasteiger partial charge in [-0.1, -0.05) is 13.8 Å². The van der Waals surface area contributed by atoms with Crippen LogP contribution >= 0.6 is 23.1 Å². The Bertz CT molecular complexity index is 1250. The first-order valence-corrected chi connectivity index (χ1v) is 12.4. The number of hydrogen-bond acceptors (Lipinski definition) is 7. The molecule has 8 nitrogen and oxygen atoms in total. The van der Waals surface area contributed by atoms with Crippen LogP contribution in [0.4, 0.5) is 5.00 Å². The van der Waals surface area contributed by atoms with E-state index in [1.165, 1.54) is 20.9 Å². The van der Waals surface area contributed by atoms with Crippen LogP contribution in [-0.2, 0) is 17.6 Å². The third-order valence-electron chi connectivity index (χ3n) is 5.72. The largest absolute Gasteiger partial charge is 0.497 e. The van der Waals surface area contributed by atoms with Crippen LogP contribution in [0, 0.1) is 17.2 Å². The Morgan fingerprint density at radius 3 is 2.88 bits per heavy atom. The Kier molecular flexibility index (Phi) is 6.91. The number of benzene rings is 1. The highest BCUT2D eigenvalue weighted by Gasteiger charge is 2.32. The van der Waals surface area contributed by atoms with E-state index >= 15 is 0 Å². The smallest absolute Gasteiger partial charge is 0.442 e. The van der Waals surface area contributed by atoms with Gasteiger partial charge in [0.25, 0.3) is 0 Å². The Balaban J connectivity index is 1.56. The summed E-state index contributed by atoms with van der Waals surface area (Å²) in [6, 6.07) is 9.39. The summed E-state index contributed by atoms with van der Waals surface area (Å²) in [5.74, 6) is 1.02. The van der Waals surface area contributed by atoms with Crippen molar-refractivity contribution in [3.8, 4) is 17.5 Å². The number of H-pyrrole nitrogens is 1. The fourth-order valence-electron chi connectivity index (χ4n) is 3.87. The van der Waals surface area contributed by atoms with Gasteiger partial charge in [0.05, 0.1) is 17.9 Å². The van der Waals surface area contributed by atoms with Crippen LogP contribution in [0.2, 0.25) is 0 Å². The number of fused-ring (bicyclic) bond motifs is 1. The molecule has 1 aliphatic rings. The molecular formula is C23H25N4O4S2+. The SMILES string of the molecule is CCC(Sc1c(=O)o[nH][n+]1-c1ccc(OC)cc1)C(=O)Nc1sc2c(c1C#N)CCC(C)C2. The van der Waals surface area contributed by atoms with Gasteiger partial charge in [-0.3, -0.25) is 9.32 Å². The van der Waals surface area contributed by atoms with Crippen molar-refractivity contribution in [3.05, 3.63) is 50.7 Å². The van der Waals surface area contributed by atoms with Crippen LogP contribution in [0.3, 0.4) is 0 Å². The number of thioether (sulfide) groups is 1. The van der Waals surface area contributed by atoms with Crippen molar-refractivity contribution in [2.24, 2.45) is 5.92 Å². The number of amides is 1. The summed E-state index contributed by atoms with van der Waals surface area (Å²) in [5, 5.41) is 15.6. The van der Waals surface area contributed by atoms with Crippen molar-refractivity contribution in [1.29, 1.82) is 5.26 Å². The summed E-state index contributed by atoms with van der Waals surface area (Å²) in [6.07, 6.45) is 3.34. The van der Waals surface area contributed by atoms with E-state index in [9.17, 15) is 14.9 Å². The van der Waals surface area contributed by atoms with Crippen molar-refractivity contribution in [2.75, 3.05) is 12.4 Å². The Morgan fingerprint density at radius 1 is 1.45 bits per heavy atom. The van der Waals surface area contributed by atoms with E-state index in [4.69, 9.17) is 9.26 Å². The number of nitriles is 1. The minimum Gasteiger partial charge on any atom is -0.497 e. The highest BCUT2D eigenvalue weighted by atomic mass is 32.2. The average molecular weight is 486 g/mol. The fraction of sp³-hybridized carbons (Fsp3) is 0.391. The van der Waals surface area contributed by atoms with Crippen LogP contribution in [0.15, 0.2) is 38.6 Å². The van der Waals surface area contributed by atoms with Gasteiger partial charge in [0, 0.05) is 17.0 Å². The molecule has 0 saturated heterocycles. The molecule has 1 amide bonds. The van der Waals surface area contributed by atoms with Gasteiger partial charge in [-0.15, -0.1) is 11.3 Å². The molecule has 0 saturated carbocycles. The molecule has 33 heavy (non-hydrogen) atoms. The van der Waals surface area contributed by atoms with Crippen molar-refractivity contribution in [2.45, 2.75) is 49.8 Å². The minimum absolute atomic E-state index is 0.243. The van der Waals surface area contributed by atoms with E-state index in [0.29, 0.717) is 34.3 Å². The third-order valence-corrected chi connectivity index (χ3v) is 8.29. The molecule has 3 aromatic rings. The lowest BCUT2D eigenvalue weighted by molar-refractivity contribution is -0.704. The number of nitrogens with one attached hydrogen (secondary N) is 2. The summed E-state index contributed by atoms with van der Waals surface area (Å²) < 4.78 is 11.7. The summed E-state index contributed by atoms with van der Waals surface area (Å²) in [6.45, 7) is 4.09. The second-order valence-electron chi connectivity index (χ2n) is 7.99. The maximum atomic E-state index is 13.2. The molecule has 1 aliphatic carbocycles. The number of aromatic amines is 1. The van der Waals surface area contributed by atoms with Gasteiger partial charge in [0.1, 0.15) is 16.8 Å². The highest BCUT2D eigenvalue weighted by molar-refractivity contribution is 8.00. The van der Waals surface area contributed by atoms with Gasteiger partial charge < -0.3 is 10.1 Å². The lowest BCUT2D eigenvalue weighted by Gasteiger charge is -2.17. The number of methoxy groups -OCH3 is 1. The maximum Gasteiger partial charge on any atom is 0.442 e. The molecular weight excluding hydrogens is 460 g/mol. The molecule has 0 spiro atoms. The number of rotatable bonds is 7. The van der Waals surface area contributed by atoms with E-state index in [1.54, 1.807) is 31.4 Å². The maximum absolute atomic E-state index is 13.2. The molecule has 1 aromatic carbocycles. The number of aromatic nitrogens is 2. The lowest BCUT2D eigenvalue weighted by Crippen LogP contribution is -2.37. The number of thiophene rings is 1. The number of hydrogen-bond donors (Lipinski definition) is 2. The molecule has 2 heterocycles. The summed E-state index contributed by atoms with van der Waals surface area (Å²) in [7, 11) is 1.58. The first-order valence-electron chi connectivity index (χ1n) is 10.7. The summed E-state index contributed by atoms with van der Waals surface area (Å²) in [4.78, 5) is 26.7. The minimum atomic E-state index is -0.555. The molecule has 0 fully saturated rings. The number of carbonyl (C=O) groups is 1. The van der Waals surface area contributed by atoms with Gasteiger partial charge in [-0.2, -0.15) is 5.26 Å². The zero-order valence-electron chi connectivity index (χ0n) is 18.6. The van der Waals surface area contributed by atoms with Gasteiger partial charge >= 0.3 is 10.7 Å². The van der Waals surface area contributed by atoms with Crippen molar-refractivity contribution < 1.29 is 18.7 Å². The molecule has 2 atom stereocenters. The highest BCUT2D eigenvalue weighted by Crippen LogP contribution is 2.39. The first kappa shape index (κ1) is 23.1. The Hall–Kier alpha value is -3.03. The standard InChI is InChI=1S/C23H24N4O4S2/c1-4-18(20(28)25-21-17(12-24)16-10-5-13(2)11-19(16)32-21)33-22-23(29)31-26-27(22)14-6-8-15(30-3)9-7-14/h6-9,13,18H,4-5,10-11H2,1-3H3,(H-,25,26,28,29)/p+1. The molecule has 4 rings (SSSR count). The molecule has 0 radical (unpaired) electrons. The predicted octanol–water partition coefficient (Wildman–Crippen LogP) is 3.82. The molecule has 2 N–H and O–H groups in total. The van der Waals surface area contributed by atoms with Crippen LogP contribution in [0.5, 0.6) is 5.75 Å². The topological polar surface area (TPSA) is 112 Å². The second-order valence-corrected chi connectivity index (χ2v) is 10.3. The van der Waals surface area contributed by atoms with E-state index in [-0.39, 0.29) is 10.9 Å². The first-order chi connectivity index (χ1) is 15.9. The third kappa shape index (κ3) is 4.70. The van der Waals surface area contributed by atoms with Crippen molar-refractivity contribution in [1.82, 2.24) is 5.27 Å². The van der Waals surface area contributed by atoms with Gasteiger partial charge in [0.15, 0.2) is 0 Å². The van der Waals surface area contributed by atoms with E-state index in [0.717, 1.165) is 36.6 Å². The van der Waals surface area contributed by atoms with Gasteiger partial charge in [-0.05, 0) is 71.0 Å². The van der Waals surface area contributed by atoms with Crippen LogP contribution in [-0.4, -0.2) is 23.5 Å². The monoisotopic (exact) mass is 485 g/mol. The number of nitrogens with zero attached hydrogens (tertiary/aromatic N) is 2.